The molecule has 0 amide bonds. The summed E-state index contributed by atoms with van der Waals surface area (Å²) in [6.45, 7) is 1.72. The van der Waals surface area contributed by atoms with Crippen LogP contribution >= 0.6 is 0 Å². The summed E-state index contributed by atoms with van der Waals surface area (Å²) in [6, 6.07) is 5.71. The van der Waals surface area contributed by atoms with Gasteiger partial charge < -0.3 is 24.8 Å². The molecule has 0 saturated heterocycles. The van der Waals surface area contributed by atoms with Crippen molar-refractivity contribution >= 4 is 11.6 Å². The molecule has 0 heterocycles. The van der Waals surface area contributed by atoms with E-state index in [1.54, 1.807) is 21.3 Å². The van der Waals surface area contributed by atoms with E-state index >= 15 is 0 Å². The van der Waals surface area contributed by atoms with Gasteiger partial charge in [0.05, 0.1) is 20.3 Å². The van der Waals surface area contributed by atoms with Crippen molar-refractivity contribution in [3.05, 3.63) is 18.2 Å². The quantitative estimate of drug-likeness (QED) is 0.292. The van der Waals surface area contributed by atoms with E-state index in [1.165, 1.54) is 38.5 Å². The average Bonchev–Trinajstić information content (AvgIpc) is 2.98. The van der Waals surface area contributed by atoms with Crippen molar-refractivity contribution in [2.45, 2.75) is 57.5 Å². The molecular weight excluding hydrogens is 342 g/mol. The standard InChI is InChI=1S/C21H35N3O3/c1-22-21(24-17-12-13-19(25-2)20(16-17)26-3)23-14-8-9-15-27-18-10-6-4-5-7-11-18/h12-13,16,18H,4-11,14-15H2,1-3H3,(H2,22,23,24). The Balaban J connectivity index is 1.65. The predicted octanol–water partition coefficient (Wildman–Crippen LogP) is 4.21. The maximum Gasteiger partial charge on any atom is 0.195 e. The largest absolute Gasteiger partial charge is 0.493 e. The lowest BCUT2D eigenvalue weighted by molar-refractivity contribution is 0.0411. The van der Waals surface area contributed by atoms with Gasteiger partial charge in [-0.3, -0.25) is 4.99 Å². The number of hydrogen-bond acceptors (Lipinski definition) is 4. The van der Waals surface area contributed by atoms with Crippen LogP contribution in [0.1, 0.15) is 51.4 Å². The van der Waals surface area contributed by atoms with Gasteiger partial charge in [-0.05, 0) is 37.8 Å². The van der Waals surface area contributed by atoms with Gasteiger partial charge >= 0.3 is 0 Å². The number of aliphatic imine (C=N–C) groups is 1. The summed E-state index contributed by atoms with van der Waals surface area (Å²) < 4.78 is 16.6. The molecule has 1 aromatic rings. The third-order valence-electron chi connectivity index (χ3n) is 4.89. The summed E-state index contributed by atoms with van der Waals surface area (Å²) in [5, 5.41) is 6.62. The van der Waals surface area contributed by atoms with Crippen molar-refractivity contribution in [2.75, 3.05) is 39.7 Å². The van der Waals surface area contributed by atoms with Crippen LogP contribution in [0.2, 0.25) is 0 Å². The molecule has 152 valence electrons. The lowest BCUT2D eigenvalue weighted by Crippen LogP contribution is -2.31. The number of methoxy groups -OCH3 is 2. The number of rotatable bonds is 9. The molecule has 1 aliphatic carbocycles. The fourth-order valence-corrected chi connectivity index (χ4v) is 3.32. The first-order valence-corrected chi connectivity index (χ1v) is 10.1. The zero-order valence-electron chi connectivity index (χ0n) is 17.1. The number of guanidine groups is 1. The zero-order chi connectivity index (χ0) is 19.3. The molecular formula is C21H35N3O3. The van der Waals surface area contributed by atoms with E-state index in [1.807, 2.05) is 18.2 Å². The molecule has 1 aliphatic rings. The fraction of sp³-hybridized carbons (Fsp3) is 0.667. The minimum atomic E-state index is 0.486. The maximum atomic E-state index is 6.04. The summed E-state index contributed by atoms with van der Waals surface area (Å²) in [5.74, 6) is 2.14. The van der Waals surface area contributed by atoms with E-state index in [0.29, 0.717) is 17.6 Å². The van der Waals surface area contributed by atoms with Crippen molar-refractivity contribution in [2.24, 2.45) is 4.99 Å². The summed E-state index contributed by atoms with van der Waals surface area (Å²) in [7, 11) is 5.03. The molecule has 6 heteroatoms. The number of unbranched alkanes of at least 4 members (excludes halogenated alkanes) is 1. The first kappa shape index (κ1) is 21.4. The van der Waals surface area contributed by atoms with Gasteiger partial charge in [0, 0.05) is 32.0 Å². The number of ether oxygens (including phenoxy) is 3. The Morgan fingerprint density at radius 3 is 2.44 bits per heavy atom. The zero-order valence-corrected chi connectivity index (χ0v) is 17.1. The predicted molar refractivity (Wildman–Crippen MR) is 111 cm³/mol. The number of benzene rings is 1. The van der Waals surface area contributed by atoms with Crippen LogP contribution in [0.15, 0.2) is 23.2 Å². The average molecular weight is 378 g/mol. The molecule has 0 spiro atoms. The third-order valence-corrected chi connectivity index (χ3v) is 4.89. The van der Waals surface area contributed by atoms with Crippen molar-refractivity contribution < 1.29 is 14.2 Å². The van der Waals surface area contributed by atoms with E-state index in [0.717, 1.165) is 37.6 Å². The first-order valence-electron chi connectivity index (χ1n) is 10.1. The van der Waals surface area contributed by atoms with Gasteiger partial charge in [-0.2, -0.15) is 0 Å². The lowest BCUT2D eigenvalue weighted by Gasteiger charge is -2.16. The van der Waals surface area contributed by atoms with Gasteiger partial charge in [0.15, 0.2) is 17.5 Å². The van der Waals surface area contributed by atoms with Crippen molar-refractivity contribution in [3.8, 4) is 11.5 Å². The van der Waals surface area contributed by atoms with Crippen LogP contribution in [-0.2, 0) is 4.74 Å². The SMILES string of the molecule is CN=C(NCCCCOC1CCCCCC1)Nc1ccc(OC)c(OC)c1. The molecule has 0 aromatic heterocycles. The van der Waals surface area contributed by atoms with E-state index in [9.17, 15) is 0 Å². The van der Waals surface area contributed by atoms with E-state index in [-0.39, 0.29) is 0 Å². The van der Waals surface area contributed by atoms with Crippen LogP contribution in [0.3, 0.4) is 0 Å². The van der Waals surface area contributed by atoms with Gasteiger partial charge in [0.25, 0.3) is 0 Å². The minimum absolute atomic E-state index is 0.486. The molecule has 1 aromatic carbocycles. The second-order valence-corrected chi connectivity index (χ2v) is 6.89. The molecule has 0 atom stereocenters. The summed E-state index contributed by atoms with van der Waals surface area (Å²) in [6.07, 6.45) is 10.5. The summed E-state index contributed by atoms with van der Waals surface area (Å²) in [4.78, 5) is 4.27. The van der Waals surface area contributed by atoms with Crippen LogP contribution in [0.4, 0.5) is 5.69 Å². The number of nitrogens with zero attached hydrogens (tertiary/aromatic N) is 1. The molecule has 2 N–H and O–H groups in total. The Hall–Kier alpha value is -1.95. The number of hydrogen-bond donors (Lipinski definition) is 2. The lowest BCUT2D eigenvalue weighted by atomic mass is 10.1. The molecule has 0 bridgehead atoms. The van der Waals surface area contributed by atoms with Crippen molar-refractivity contribution in [3.63, 3.8) is 0 Å². The highest BCUT2D eigenvalue weighted by Gasteiger charge is 2.12. The highest BCUT2D eigenvalue weighted by atomic mass is 16.5. The normalized spacial score (nSPS) is 15.9. The van der Waals surface area contributed by atoms with E-state index in [4.69, 9.17) is 14.2 Å². The van der Waals surface area contributed by atoms with Gasteiger partial charge in [-0.25, -0.2) is 0 Å². The smallest absolute Gasteiger partial charge is 0.195 e. The Bertz CT molecular complexity index is 570. The Labute approximate surface area is 163 Å². The molecule has 0 radical (unpaired) electrons. The monoisotopic (exact) mass is 377 g/mol. The minimum Gasteiger partial charge on any atom is -0.493 e. The van der Waals surface area contributed by atoms with Crippen LogP contribution in [-0.4, -0.2) is 46.5 Å². The Morgan fingerprint density at radius 2 is 1.78 bits per heavy atom. The van der Waals surface area contributed by atoms with Gasteiger partial charge in [0.2, 0.25) is 0 Å². The molecule has 2 rings (SSSR count). The topological polar surface area (TPSA) is 64.1 Å². The van der Waals surface area contributed by atoms with Crippen LogP contribution in [0, 0.1) is 0 Å². The van der Waals surface area contributed by atoms with Gasteiger partial charge in [0.1, 0.15) is 0 Å². The van der Waals surface area contributed by atoms with Crippen molar-refractivity contribution in [1.82, 2.24) is 5.32 Å². The Kier molecular flexibility index (Phi) is 9.84. The van der Waals surface area contributed by atoms with Crippen LogP contribution in [0.25, 0.3) is 0 Å². The summed E-state index contributed by atoms with van der Waals surface area (Å²) >= 11 is 0. The van der Waals surface area contributed by atoms with E-state index < -0.39 is 0 Å². The van der Waals surface area contributed by atoms with Crippen molar-refractivity contribution in [1.29, 1.82) is 0 Å². The molecule has 6 nitrogen and oxygen atoms in total. The molecule has 27 heavy (non-hydrogen) atoms. The van der Waals surface area contributed by atoms with Gasteiger partial charge in [-0.1, -0.05) is 25.7 Å². The van der Waals surface area contributed by atoms with Crippen LogP contribution in [0.5, 0.6) is 11.5 Å². The number of nitrogens with one attached hydrogen (secondary N) is 2. The Morgan fingerprint density at radius 1 is 1.04 bits per heavy atom. The highest BCUT2D eigenvalue weighted by Crippen LogP contribution is 2.29. The van der Waals surface area contributed by atoms with Gasteiger partial charge in [-0.15, -0.1) is 0 Å². The third kappa shape index (κ3) is 7.67. The fourth-order valence-electron chi connectivity index (χ4n) is 3.32. The highest BCUT2D eigenvalue weighted by molar-refractivity contribution is 5.93. The first-order chi connectivity index (χ1) is 13.3. The molecule has 1 saturated carbocycles. The van der Waals surface area contributed by atoms with Crippen LogP contribution < -0.4 is 20.1 Å². The molecule has 0 aliphatic heterocycles. The maximum absolute atomic E-state index is 6.04. The second kappa shape index (κ2) is 12.4. The molecule has 0 unspecified atom stereocenters. The molecule has 1 fully saturated rings. The summed E-state index contributed by atoms with van der Waals surface area (Å²) in [5.41, 5.74) is 0.900. The van der Waals surface area contributed by atoms with E-state index in [2.05, 4.69) is 15.6 Å². The second-order valence-electron chi connectivity index (χ2n) is 6.89. The number of anilines is 1.